The molecule has 2 aromatic rings. The molecule has 1 aliphatic heterocycles. The Balaban J connectivity index is 1.55. The third-order valence-electron chi connectivity index (χ3n) is 5.04. The summed E-state index contributed by atoms with van der Waals surface area (Å²) < 4.78 is 7.39. The van der Waals surface area contributed by atoms with Crippen molar-refractivity contribution in [3.63, 3.8) is 0 Å². The van der Waals surface area contributed by atoms with E-state index in [9.17, 15) is 0 Å². The molecule has 1 unspecified atom stereocenters. The fraction of sp³-hybridized carbons (Fsp3) is 0.722. The lowest BCUT2D eigenvalue weighted by Crippen LogP contribution is -2.31. The maximum absolute atomic E-state index is 5.37. The Kier molecular flexibility index (Phi) is 6.74. The zero-order valence-corrected chi connectivity index (χ0v) is 17.1. The number of thiazole rings is 1. The summed E-state index contributed by atoms with van der Waals surface area (Å²) >= 11 is 1.70. The molecular formula is C18H30N6OS. The van der Waals surface area contributed by atoms with Crippen LogP contribution in [0.2, 0.25) is 0 Å². The van der Waals surface area contributed by atoms with Gasteiger partial charge < -0.3 is 4.74 Å². The van der Waals surface area contributed by atoms with E-state index in [1.807, 2.05) is 11.6 Å². The first-order valence-corrected chi connectivity index (χ1v) is 10.3. The van der Waals surface area contributed by atoms with Gasteiger partial charge in [-0.25, -0.2) is 9.67 Å². The highest BCUT2D eigenvalue weighted by molar-refractivity contribution is 7.09. The number of hydrogen-bond acceptors (Lipinski definition) is 7. The standard InChI is InChI=1S/C18H30N6OS/c1-5-24-17(14(2)20-21-24)12-23-8-6-7-22(9-10-23)11-16-13-26-18(19-16)15(3)25-4/h13,15H,5-12H2,1-4H3. The summed E-state index contributed by atoms with van der Waals surface area (Å²) in [6, 6.07) is 0. The Bertz CT molecular complexity index is 700. The van der Waals surface area contributed by atoms with Crippen LogP contribution < -0.4 is 0 Å². The maximum Gasteiger partial charge on any atom is 0.122 e. The van der Waals surface area contributed by atoms with Crippen LogP contribution >= 0.6 is 11.3 Å². The molecular weight excluding hydrogens is 348 g/mol. The van der Waals surface area contributed by atoms with Crippen LogP contribution in [0.4, 0.5) is 0 Å². The summed E-state index contributed by atoms with van der Waals surface area (Å²) in [6.07, 6.45) is 1.26. The van der Waals surface area contributed by atoms with Crippen LogP contribution in [-0.2, 0) is 24.4 Å². The van der Waals surface area contributed by atoms with E-state index >= 15 is 0 Å². The molecule has 26 heavy (non-hydrogen) atoms. The molecule has 144 valence electrons. The highest BCUT2D eigenvalue weighted by Gasteiger charge is 2.19. The van der Waals surface area contributed by atoms with E-state index in [4.69, 9.17) is 9.72 Å². The normalized spacial score (nSPS) is 18.2. The van der Waals surface area contributed by atoms with Crippen molar-refractivity contribution in [2.45, 2.75) is 52.9 Å². The third-order valence-corrected chi connectivity index (χ3v) is 6.10. The lowest BCUT2D eigenvalue weighted by Gasteiger charge is -2.21. The van der Waals surface area contributed by atoms with Gasteiger partial charge in [-0.3, -0.25) is 9.80 Å². The molecule has 0 bridgehead atoms. The van der Waals surface area contributed by atoms with E-state index in [2.05, 4.69) is 39.3 Å². The van der Waals surface area contributed by atoms with E-state index in [0.717, 1.165) is 62.2 Å². The first kappa shape index (κ1) is 19.4. The molecule has 2 aromatic heterocycles. The van der Waals surface area contributed by atoms with E-state index in [-0.39, 0.29) is 6.10 Å². The minimum absolute atomic E-state index is 0.0774. The summed E-state index contributed by atoms with van der Waals surface area (Å²) in [6.45, 7) is 13.3. The van der Waals surface area contributed by atoms with Crippen LogP contribution in [-0.4, -0.2) is 63.1 Å². The second kappa shape index (κ2) is 9.03. The number of ether oxygens (including phenoxy) is 1. The highest BCUT2D eigenvalue weighted by Crippen LogP contribution is 2.21. The molecule has 0 saturated carbocycles. The predicted octanol–water partition coefficient (Wildman–Crippen LogP) is 2.48. The smallest absolute Gasteiger partial charge is 0.122 e. The predicted molar refractivity (Wildman–Crippen MR) is 103 cm³/mol. The summed E-state index contributed by atoms with van der Waals surface area (Å²) in [5.74, 6) is 0. The van der Waals surface area contributed by atoms with Crippen molar-refractivity contribution in [3.8, 4) is 0 Å². The number of nitrogens with zero attached hydrogens (tertiary/aromatic N) is 6. The SMILES string of the molecule is CCn1nnc(C)c1CN1CCCN(Cc2csc(C(C)OC)n2)CC1. The molecule has 0 amide bonds. The zero-order chi connectivity index (χ0) is 18.5. The van der Waals surface area contributed by atoms with Crippen LogP contribution in [0.3, 0.4) is 0 Å². The summed E-state index contributed by atoms with van der Waals surface area (Å²) in [4.78, 5) is 9.78. The first-order chi connectivity index (χ1) is 12.6. The fourth-order valence-electron chi connectivity index (χ4n) is 3.33. The van der Waals surface area contributed by atoms with Crippen molar-refractivity contribution in [1.29, 1.82) is 0 Å². The second-order valence-corrected chi connectivity index (χ2v) is 7.79. The number of rotatable bonds is 7. The first-order valence-electron chi connectivity index (χ1n) is 9.41. The number of hydrogen-bond donors (Lipinski definition) is 0. The molecule has 0 spiro atoms. The van der Waals surface area contributed by atoms with Crippen molar-refractivity contribution in [2.75, 3.05) is 33.3 Å². The molecule has 1 aliphatic rings. The molecule has 8 heteroatoms. The Hall–Kier alpha value is -1.35. The molecule has 0 N–H and O–H groups in total. The van der Waals surface area contributed by atoms with Gasteiger partial charge in [0.1, 0.15) is 11.1 Å². The largest absolute Gasteiger partial charge is 0.375 e. The van der Waals surface area contributed by atoms with Gasteiger partial charge in [-0.2, -0.15) is 0 Å². The van der Waals surface area contributed by atoms with Gasteiger partial charge in [0.2, 0.25) is 0 Å². The molecule has 0 aromatic carbocycles. The van der Waals surface area contributed by atoms with Crippen LogP contribution in [0, 0.1) is 6.92 Å². The van der Waals surface area contributed by atoms with Gasteiger partial charge in [-0.05, 0) is 40.3 Å². The van der Waals surface area contributed by atoms with Crippen LogP contribution in [0.1, 0.15) is 48.5 Å². The highest BCUT2D eigenvalue weighted by atomic mass is 32.1. The van der Waals surface area contributed by atoms with Crippen molar-refractivity contribution >= 4 is 11.3 Å². The zero-order valence-electron chi connectivity index (χ0n) is 16.3. The Morgan fingerprint density at radius 2 is 1.92 bits per heavy atom. The lowest BCUT2D eigenvalue weighted by molar-refractivity contribution is 0.119. The van der Waals surface area contributed by atoms with Gasteiger partial charge in [-0.15, -0.1) is 16.4 Å². The van der Waals surface area contributed by atoms with Crippen LogP contribution in [0.15, 0.2) is 5.38 Å². The molecule has 1 saturated heterocycles. The van der Waals surface area contributed by atoms with Crippen LogP contribution in [0.5, 0.6) is 0 Å². The van der Waals surface area contributed by atoms with Gasteiger partial charge in [-0.1, -0.05) is 5.21 Å². The molecule has 3 heterocycles. The molecule has 1 fully saturated rings. The van der Waals surface area contributed by atoms with Crippen molar-refractivity contribution in [1.82, 2.24) is 29.8 Å². The average Bonchev–Trinajstić information content (AvgIpc) is 3.18. The summed E-state index contributed by atoms with van der Waals surface area (Å²) in [7, 11) is 1.73. The lowest BCUT2D eigenvalue weighted by atomic mass is 10.3. The van der Waals surface area contributed by atoms with Gasteiger partial charge in [0.25, 0.3) is 0 Å². The van der Waals surface area contributed by atoms with E-state index in [1.54, 1.807) is 18.4 Å². The molecule has 0 radical (unpaired) electrons. The minimum Gasteiger partial charge on any atom is -0.375 e. The minimum atomic E-state index is 0.0774. The van der Waals surface area contributed by atoms with E-state index in [1.165, 1.54) is 12.1 Å². The summed E-state index contributed by atoms with van der Waals surface area (Å²) in [5.41, 5.74) is 3.46. The molecule has 0 aliphatic carbocycles. The quantitative estimate of drug-likeness (QED) is 0.738. The maximum atomic E-state index is 5.37. The number of methoxy groups -OCH3 is 1. The van der Waals surface area contributed by atoms with Crippen LogP contribution in [0.25, 0.3) is 0 Å². The molecule has 1 atom stereocenters. The van der Waals surface area contributed by atoms with Gasteiger partial charge in [0.15, 0.2) is 0 Å². The van der Waals surface area contributed by atoms with Gasteiger partial charge in [0.05, 0.1) is 17.1 Å². The van der Waals surface area contributed by atoms with E-state index < -0.39 is 0 Å². The Morgan fingerprint density at radius 3 is 2.62 bits per heavy atom. The summed E-state index contributed by atoms with van der Waals surface area (Å²) in [5, 5.41) is 11.7. The Labute approximate surface area is 160 Å². The van der Waals surface area contributed by atoms with Gasteiger partial charge in [0, 0.05) is 45.2 Å². The second-order valence-electron chi connectivity index (χ2n) is 6.90. The Morgan fingerprint density at radius 1 is 1.19 bits per heavy atom. The van der Waals surface area contributed by atoms with Crippen molar-refractivity contribution < 1.29 is 4.74 Å². The molecule has 3 rings (SSSR count). The topological polar surface area (TPSA) is 59.3 Å². The number of aromatic nitrogens is 4. The monoisotopic (exact) mass is 378 g/mol. The van der Waals surface area contributed by atoms with Crippen molar-refractivity contribution in [3.05, 3.63) is 27.5 Å². The third kappa shape index (κ3) is 4.68. The van der Waals surface area contributed by atoms with Gasteiger partial charge >= 0.3 is 0 Å². The van der Waals surface area contributed by atoms with E-state index in [0.29, 0.717) is 0 Å². The fourth-order valence-corrected chi connectivity index (χ4v) is 4.18. The number of aryl methyl sites for hydroxylation is 2. The average molecular weight is 379 g/mol. The van der Waals surface area contributed by atoms with Crippen molar-refractivity contribution in [2.24, 2.45) is 0 Å². The molecule has 7 nitrogen and oxygen atoms in total.